The summed E-state index contributed by atoms with van der Waals surface area (Å²) >= 11 is 6.41. The topological polar surface area (TPSA) is 107 Å². The SMILES string of the molecule is CC(C)(C)OCCOc1ccc(C(=O)CCC(C)(O)c2cc3c(c(Cl)n2)OCC3(C)NS(=O)C(C)(C)C)cc1F. The summed E-state index contributed by atoms with van der Waals surface area (Å²) in [6, 6.07) is 5.70. The number of aromatic nitrogens is 1. The third-order valence-electron chi connectivity index (χ3n) is 6.43. The number of pyridine rings is 1. The van der Waals surface area contributed by atoms with Gasteiger partial charge in [-0.2, -0.15) is 0 Å². The van der Waals surface area contributed by atoms with Crippen LogP contribution in [0.4, 0.5) is 4.39 Å². The molecular formula is C29H40ClFN2O6S. The minimum Gasteiger partial charge on any atom is -0.488 e. The van der Waals surface area contributed by atoms with Crippen molar-refractivity contribution in [1.29, 1.82) is 0 Å². The highest BCUT2D eigenvalue weighted by atomic mass is 35.5. The Morgan fingerprint density at radius 2 is 1.88 bits per heavy atom. The molecule has 0 aliphatic carbocycles. The minimum absolute atomic E-state index is 0.0108. The lowest BCUT2D eigenvalue weighted by Gasteiger charge is -2.30. The van der Waals surface area contributed by atoms with E-state index >= 15 is 0 Å². The molecule has 0 amide bonds. The van der Waals surface area contributed by atoms with Gasteiger partial charge in [0.1, 0.15) is 18.8 Å². The van der Waals surface area contributed by atoms with Crippen molar-refractivity contribution in [2.45, 2.75) is 89.7 Å². The van der Waals surface area contributed by atoms with Gasteiger partial charge in [0, 0.05) is 17.5 Å². The summed E-state index contributed by atoms with van der Waals surface area (Å²) < 4.78 is 46.8. The number of benzene rings is 1. The Balaban J connectivity index is 1.69. The average molecular weight is 599 g/mol. The Morgan fingerprint density at radius 3 is 2.48 bits per heavy atom. The quantitative estimate of drug-likeness (QED) is 0.197. The number of Topliss-reactive ketones (excluding diaryl/α,β-unsaturated/α-hetero) is 1. The molecule has 3 unspecified atom stereocenters. The second kappa shape index (κ2) is 12.0. The first-order valence-electron chi connectivity index (χ1n) is 13.2. The average Bonchev–Trinajstić information content (AvgIpc) is 3.16. The van der Waals surface area contributed by atoms with E-state index in [0.29, 0.717) is 17.9 Å². The number of hydrogen-bond acceptors (Lipinski definition) is 7. The molecule has 3 atom stereocenters. The molecule has 1 aromatic carbocycles. The van der Waals surface area contributed by atoms with Crippen molar-refractivity contribution in [2.75, 3.05) is 19.8 Å². The van der Waals surface area contributed by atoms with Gasteiger partial charge in [0.25, 0.3) is 0 Å². The van der Waals surface area contributed by atoms with E-state index in [-0.39, 0.29) is 59.6 Å². The van der Waals surface area contributed by atoms with Gasteiger partial charge in [-0.3, -0.25) is 4.79 Å². The first kappa shape index (κ1) is 32.4. The number of ketones is 1. The van der Waals surface area contributed by atoms with E-state index in [9.17, 15) is 18.5 Å². The van der Waals surface area contributed by atoms with Crippen LogP contribution in [0, 0.1) is 5.82 Å². The van der Waals surface area contributed by atoms with E-state index in [1.54, 1.807) is 6.07 Å². The summed E-state index contributed by atoms with van der Waals surface area (Å²) in [7, 11) is -1.40. The molecule has 11 heteroatoms. The number of carbonyl (C=O) groups is 1. The highest BCUT2D eigenvalue weighted by molar-refractivity contribution is 7.84. The number of rotatable bonds is 11. The van der Waals surface area contributed by atoms with Gasteiger partial charge in [-0.15, -0.1) is 0 Å². The van der Waals surface area contributed by atoms with Crippen LogP contribution in [0.3, 0.4) is 0 Å². The molecule has 2 N–H and O–H groups in total. The third kappa shape index (κ3) is 8.00. The zero-order chi connectivity index (χ0) is 30.1. The van der Waals surface area contributed by atoms with E-state index in [1.807, 2.05) is 48.5 Å². The van der Waals surface area contributed by atoms with Gasteiger partial charge < -0.3 is 19.3 Å². The molecule has 8 nitrogen and oxygen atoms in total. The molecule has 0 spiro atoms. The van der Waals surface area contributed by atoms with Crippen LogP contribution in [0.15, 0.2) is 24.3 Å². The van der Waals surface area contributed by atoms with E-state index in [0.717, 1.165) is 6.07 Å². The molecule has 0 fully saturated rings. The summed E-state index contributed by atoms with van der Waals surface area (Å²) in [5.74, 6) is -0.602. The van der Waals surface area contributed by atoms with E-state index in [2.05, 4.69) is 9.71 Å². The van der Waals surface area contributed by atoms with Crippen molar-refractivity contribution < 1.29 is 32.7 Å². The molecule has 1 aliphatic rings. The summed E-state index contributed by atoms with van der Waals surface area (Å²) in [5, 5.41) is 11.4. The monoisotopic (exact) mass is 598 g/mol. The Kier molecular flexibility index (Phi) is 9.73. The minimum atomic E-state index is -1.53. The van der Waals surface area contributed by atoms with Gasteiger partial charge in [0.15, 0.2) is 28.3 Å². The molecule has 40 heavy (non-hydrogen) atoms. The molecule has 1 aliphatic heterocycles. The van der Waals surface area contributed by atoms with Gasteiger partial charge in [0.2, 0.25) is 0 Å². The molecule has 3 rings (SSSR count). The maximum atomic E-state index is 14.6. The Morgan fingerprint density at radius 1 is 1.20 bits per heavy atom. The fourth-order valence-electron chi connectivity index (χ4n) is 3.98. The molecule has 222 valence electrons. The van der Waals surface area contributed by atoms with Crippen molar-refractivity contribution in [2.24, 2.45) is 0 Å². The molecular weight excluding hydrogens is 559 g/mol. The second-order valence-electron chi connectivity index (χ2n) is 12.4. The highest BCUT2D eigenvalue weighted by Crippen LogP contribution is 2.43. The second-order valence-corrected chi connectivity index (χ2v) is 14.8. The lowest BCUT2D eigenvalue weighted by molar-refractivity contribution is -0.0166. The van der Waals surface area contributed by atoms with E-state index < -0.39 is 32.7 Å². The van der Waals surface area contributed by atoms with Crippen LogP contribution in [-0.4, -0.2) is 50.3 Å². The smallest absolute Gasteiger partial charge is 0.171 e. The zero-order valence-electron chi connectivity index (χ0n) is 24.4. The fourth-order valence-corrected chi connectivity index (χ4v) is 5.11. The molecule has 0 saturated heterocycles. The molecule has 2 heterocycles. The number of carbonyl (C=O) groups excluding carboxylic acids is 1. The predicted molar refractivity (Wildman–Crippen MR) is 154 cm³/mol. The summed E-state index contributed by atoms with van der Waals surface area (Å²) in [6.07, 6.45) is -0.0562. The van der Waals surface area contributed by atoms with Crippen LogP contribution < -0.4 is 14.2 Å². The lowest BCUT2D eigenvalue weighted by Crippen LogP contribution is -2.47. The number of hydrogen-bond donors (Lipinski definition) is 2. The number of halogens is 2. The number of nitrogens with zero attached hydrogens (tertiary/aromatic N) is 1. The van der Waals surface area contributed by atoms with Crippen LogP contribution in [0.1, 0.15) is 89.8 Å². The van der Waals surface area contributed by atoms with Crippen LogP contribution >= 0.6 is 11.6 Å². The van der Waals surface area contributed by atoms with Crippen LogP contribution in [0.5, 0.6) is 11.5 Å². The van der Waals surface area contributed by atoms with Crippen LogP contribution in [0.25, 0.3) is 0 Å². The normalized spacial score (nSPS) is 19.5. The largest absolute Gasteiger partial charge is 0.488 e. The number of ether oxygens (including phenoxy) is 3. The Hall–Kier alpha value is -2.11. The van der Waals surface area contributed by atoms with Crippen molar-refractivity contribution in [1.82, 2.24) is 9.71 Å². The van der Waals surface area contributed by atoms with Crippen LogP contribution in [0.2, 0.25) is 5.15 Å². The van der Waals surface area contributed by atoms with Gasteiger partial charge in [-0.1, -0.05) is 11.6 Å². The maximum Gasteiger partial charge on any atom is 0.171 e. The molecule has 1 aromatic heterocycles. The fraction of sp³-hybridized carbons (Fsp3) is 0.586. The van der Waals surface area contributed by atoms with E-state index in [4.69, 9.17) is 25.8 Å². The molecule has 0 bridgehead atoms. The molecule has 0 radical (unpaired) electrons. The number of fused-ring (bicyclic) bond motifs is 1. The van der Waals surface area contributed by atoms with E-state index in [1.165, 1.54) is 19.1 Å². The summed E-state index contributed by atoms with van der Waals surface area (Å²) in [5.41, 5.74) is -1.65. The van der Waals surface area contributed by atoms with Gasteiger partial charge in [0.05, 0.1) is 39.2 Å². The Bertz CT molecular complexity index is 1270. The standard InChI is InChI=1S/C29H40ClFN2O6S/c1-26(2,3)39-14-13-37-22-10-9-18(15-20(22)31)21(34)11-12-29(8,35)23-16-19-24(25(30)32-23)38-17-28(19,7)33-40(36)27(4,5)6/h9-10,15-16,33,35H,11-14,17H2,1-8H3. The number of aliphatic hydroxyl groups is 1. The van der Waals surface area contributed by atoms with Crippen LogP contribution in [-0.2, 0) is 26.9 Å². The van der Waals surface area contributed by atoms with Crippen molar-refractivity contribution in [3.05, 3.63) is 52.1 Å². The first-order chi connectivity index (χ1) is 18.3. The first-order valence-corrected chi connectivity index (χ1v) is 14.7. The van der Waals surface area contributed by atoms with Crippen molar-refractivity contribution in [3.63, 3.8) is 0 Å². The molecule has 2 aromatic rings. The highest BCUT2D eigenvalue weighted by Gasteiger charge is 2.42. The van der Waals surface area contributed by atoms with Gasteiger partial charge in [-0.05, 0) is 86.1 Å². The maximum absolute atomic E-state index is 14.6. The summed E-state index contributed by atoms with van der Waals surface area (Å²) in [6.45, 7) is 15.4. The van der Waals surface area contributed by atoms with Crippen molar-refractivity contribution in [3.8, 4) is 11.5 Å². The molecule has 0 saturated carbocycles. The lowest BCUT2D eigenvalue weighted by atomic mass is 9.89. The van der Waals surface area contributed by atoms with Gasteiger partial charge >= 0.3 is 0 Å². The third-order valence-corrected chi connectivity index (χ3v) is 8.43. The summed E-state index contributed by atoms with van der Waals surface area (Å²) in [4.78, 5) is 17.2. The zero-order valence-corrected chi connectivity index (χ0v) is 26.0. The Labute approximate surface area is 243 Å². The van der Waals surface area contributed by atoms with Crippen molar-refractivity contribution >= 4 is 28.4 Å². The van der Waals surface area contributed by atoms with Gasteiger partial charge in [-0.25, -0.2) is 18.3 Å². The number of nitrogens with one attached hydrogen (secondary N) is 1. The predicted octanol–water partition coefficient (Wildman–Crippen LogP) is 5.60.